The number of non-ortho nitro benzene ring substituents is 1. The Hall–Kier alpha value is -3.47. The summed E-state index contributed by atoms with van der Waals surface area (Å²) < 4.78 is 26.4. The second kappa shape index (κ2) is 12.7. The average Bonchev–Trinajstić information content (AvgIpc) is 2.81. The molecule has 2 aromatic carbocycles. The molecule has 37 heavy (non-hydrogen) atoms. The number of amides is 2. The van der Waals surface area contributed by atoms with Gasteiger partial charge in [-0.2, -0.15) is 0 Å². The smallest absolute Gasteiger partial charge is 0.271 e. The van der Waals surface area contributed by atoms with E-state index in [4.69, 9.17) is 0 Å². The first-order valence-electron chi connectivity index (χ1n) is 12.1. The van der Waals surface area contributed by atoms with Crippen molar-refractivity contribution in [3.05, 3.63) is 69.3 Å². The molecule has 0 radical (unpaired) electrons. The van der Waals surface area contributed by atoms with E-state index in [0.29, 0.717) is 18.5 Å². The molecule has 0 fully saturated rings. The molecule has 0 aliphatic carbocycles. The SMILES string of the molecule is CC[C@@H](C(=O)NCC(C)C)N(Cc1ccc(C)cc1)C(=O)CN(c1cc([N+](=O)[O-])ccc1C)S(C)(=O)=O. The molecule has 2 rings (SSSR count). The van der Waals surface area contributed by atoms with Crippen LogP contribution in [0.4, 0.5) is 11.4 Å². The summed E-state index contributed by atoms with van der Waals surface area (Å²) in [6.07, 6.45) is 1.26. The van der Waals surface area contributed by atoms with Gasteiger partial charge < -0.3 is 10.2 Å². The summed E-state index contributed by atoms with van der Waals surface area (Å²) in [5.41, 5.74) is 2.02. The minimum Gasteiger partial charge on any atom is -0.354 e. The molecule has 0 spiro atoms. The predicted octanol–water partition coefficient (Wildman–Crippen LogP) is 3.56. The molecular weight excluding hydrogens is 496 g/mol. The van der Waals surface area contributed by atoms with Crippen molar-refractivity contribution >= 4 is 33.2 Å². The van der Waals surface area contributed by atoms with Crippen LogP contribution in [0.3, 0.4) is 0 Å². The molecule has 202 valence electrons. The van der Waals surface area contributed by atoms with E-state index in [2.05, 4.69) is 5.32 Å². The number of nitrogens with one attached hydrogen (secondary N) is 1. The summed E-state index contributed by atoms with van der Waals surface area (Å²) in [7, 11) is -4.00. The number of carbonyl (C=O) groups is 2. The van der Waals surface area contributed by atoms with Gasteiger partial charge in [-0.1, -0.05) is 56.7 Å². The van der Waals surface area contributed by atoms with E-state index >= 15 is 0 Å². The van der Waals surface area contributed by atoms with E-state index in [1.54, 1.807) is 13.8 Å². The molecule has 0 aromatic heterocycles. The Balaban J connectivity index is 2.50. The average molecular weight is 533 g/mol. The van der Waals surface area contributed by atoms with Gasteiger partial charge in [-0.15, -0.1) is 0 Å². The number of benzene rings is 2. The van der Waals surface area contributed by atoms with Crippen LogP contribution in [0.2, 0.25) is 0 Å². The van der Waals surface area contributed by atoms with Gasteiger partial charge in [-0.25, -0.2) is 8.42 Å². The highest BCUT2D eigenvalue weighted by Gasteiger charge is 2.32. The fourth-order valence-corrected chi connectivity index (χ4v) is 4.71. The van der Waals surface area contributed by atoms with Crippen LogP contribution in [0, 0.1) is 29.9 Å². The van der Waals surface area contributed by atoms with E-state index in [1.807, 2.05) is 45.0 Å². The summed E-state index contributed by atoms with van der Waals surface area (Å²) in [6, 6.07) is 10.5. The standard InChI is InChI=1S/C26H36N4O6S/c1-7-23(26(32)27-15-18(2)3)28(16-21-11-8-19(4)9-12-21)25(31)17-29(37(6,35)36)24-14-22(30(33)34)13-10-20(24)5/h8-14,18,23H,7,15-17H2,1-6H3,(H,27,32)/t23-/m0/s1. The van der Waals surface area contributed by atoms with Crippen LogP contribution in [-0.2, 0) is 26.2 Å². The second-order valence-electron chi connectivity index (χ2n) is 9.57. The third kappa shape index (κ3) is 8.28. The Bertz CT molecular complexity index is 1230. The van der Waals surface area contributed by atoms with Crippen molar-refractivity contribution in [2.45, 2.75) is 53.6 Å². The van der Waals surface area contributed by atoms with Crippen LogP contribution in [-0.4, -0.2) is 55.4 Å². The normalized spacial score (nSPS) is 12.2. The molecule has 0 aliphatic heterocycles. The molecule has 1 N–H and O–H groups in total. The molecule has 10 nitrogen and oxygen atoms in total. The van der Waals surface area contributed by atoms with Gasteiger partial charge in [-0.3, -0.25) is 24.0 Å². The maximum Gasteiger partial charge on any atom is 0.271 e. The van der Waals surface area contributed by atoms with Crippen LogP contribution in [0.1, 0.15) is 43.9 Å². The predicted molar refractivity (Wildman–Crippen MR) is 144 cm³/mol. The molecule has 0 heterocycles. The zero-order valence-corrected chi connectivity index (χ0v) is 23.0. The number of hydrogen-bond acceptors (Lipinski definition) is 6. The maximum absolute atomic E-state index is 13.7. The zero-order chi connectivity index (χ0) is 27.9. The highest BCUT2D eigenvalue weighted by Crippen LogP contribution is 2.28. The minimum absolute atomic E-state index is 0.0395. The maximum atomic E-state index is 13.7. The van der Waals surface area contributed by atoms with Gasteiger partial charge in [0.05, 0.1) is 16.9 Å². The van der Waals surface area contributed by atoms with E-state index in [-0.39, 0.29) is 29.7 Å². The van der Waals surface area contributed by atoms with Crippen molar-refractivity contribution < 1.29 is 22.9 Å². The first-order chi connectivity index (χ1) is 17.2. The molecule has 0 saturated carbocycles. The number of anilines is 1. The molecule has 2 amide bonds. The van der Waals surface area contributed by atoms with Gasteiger partial charge in [0.15, 0.2) is 0 Å². The molecule has 0 unspecified atom stereocenters. The fourth-order valence-electron chi connectivity index (χ4n) is 3.81. The number of nitro benzene ring substituents is 1. The lowest BCUT2D eigenvalue weighted by Gasteiger charge is -2.33. The molecular formula is C26H36N4O6S. The van der Waals surface area contributed by atoms with Crippen molar-refractivity contribution in [3.8, 4) is 0 Å². The van der Waals surface area contributed by atoms with E-state index in [0.717, 1.165) is 27.8 Å². The van der Waals surface area contributed by atoms with Gasteiger partial charge in [0.25, 0.3) is 5.69 Å². The van der Waals surface area contributed by atoms with E-state index in [1.165, 1.54) is 17.0 Å². The van der Waals surface area contributed by atoms with Crippen LogP contribution in [0.25, 0.3) is 0 Å². The van der Waals surface area contributed by atoms with Crippen molar-refractivity contribution in [2.24, 2.45) is 5.92 Å². The highest BCUT2D eigenvalue weighted by molar-refractivity contribution is 7.92. The minimum atomic E-state index is -4.00. The summed E-state index contributed by atoms with van der Waals surface area (Å²) in [6.45, 7) is 9.17. The van der Waals surface area contributed by atoms with Gasteiger partial charge in [0.2, 0.25) is 21.8 Å². The third-order valence-electron chi connectivity index (χ3n) is 5.90. The Morgan fingerprint density at radius 1 is 1.08 bits per heavy atom. The van der Waals surface area contributed by atoms with E-state index in [9.17, 15) is 28.1 Å². The van der Waals surface area contributed by atoms with Crippen LogP contribution in [0.5, 0.6) is 0 Å². The highest BCUT2D eigenvalue weighted by atomic mass is 32.2. The number of sulfonamides is 1. The Morgan fingerprint density at radius 2 is 1.70 bits per heavy atom. The fraction of sp³-hybridized carbons (Fsp3) is 0.462. The summed E-state index contributed by atoms with van der Waals surface area (Å²) in [4.78, 5) is 38.9. The molecule has 0 bridgehead atoms. The van der Waals surface area contributed by atoms with Crippen LogP contribution < -0.4 is 9.62 Å². The largest absolute Gasteiger partial charge is 0.354 e. The van der Waals surface area contributed by atoms with Crippen molar-refractivity contribution in [1.82, 2.24) is 10.2 Å². The lowest BCUT2D eigenvalue weighted by molar-refractivity contribution is -0.384. The number of rotatable bonds is 12. The van der Waals surface area contributed by atoms with Gasteiger partial charge in [0.1, 0.15) is 12.6 Å². The zero-order valence-electron chi connectivity index (χ0n) is 22.2. The van der Waals surface area contributed by atoms with Crippen LogP contribution in [0.15, 0.2) is 42.5 Å². The first kappa shape index (κ1) is 29.8. The number of aryl methyl sites for hydroxylation is 2. The van der Waals surface area contributed by atoms with Crippen molar-refractivity contribution in [2.75, 3.05) is 23.7 Å². The van der Waals surface area contributed by atoms with Crippen molar-refractivity contribution in [3.63, 3.8) is 0 Å². The number of nitro groups is 1. The van der Waals surface area contributed by atoms with Crippen LogP contribution >= 0.6 is 0 Å². The van der Waals surface area contributed by atoms with Crippen molar-refractivity contribution in [1.29, 1.82) is 0 Å². The number of hydrogen-bond donors (Lipinski definition) is 1. The summed E-state index contributed by atoms with van der Waals surface area (Å²) in [5, 5.41) is 14.2. The number of nitrogens with zero attached hydrogens (tertiary/aromatic N) is 3. The second-order valence-corrected chi connectivity index (χ2v) is 11.5. The third-order valence-corrected chi connectivity index (χ3v) is 7.02. The van der Waals surface area contributed by atoms with Gasteiger partial charge >= 0.3 is 0 Å². The van der Waals surface area contributed by atoms with Gasteiger partial charge in [0, 0.05) is 25.2 Å². The van der Waals surface area contributed by atoms with Gasteiger partial charge in [-0.05, 0) is 37.3 Å². The lowest BCUT2D eigenvalue weighted by Crippen LogP contribution is -2.52. The number of carbonyl (C=O) groups excluding carboxylic acids is 2. The Labute approximate surface area is 218 Å². The molecule has 11 heteroatoms. The Morgan fingerprint density at radius 3 is 2.22 bits per heavy atom. The summed E-state index contributed by atoms with van der Waals surface area (Å²) in [5.74, 6) is -0.710. The molecule has 1 atom stereocenters. The first-order valence-corrected chi connectivity index (χ1v) is 13.9. The molecule has 0 aliphatic rings. The monoisotopic (exact) mass is 532 g/mol. The Kier molecular flexibility index (Phi) is 10.2. The summed E-state index contributed by atoms with van der Waals surface area (Å²) >= 11 is 0. The molecule has 0 saturated heterocycles. The lowest BCUT2D eigenvalue weighted by atomic mass is 10.1. The quantitative estimate of drug-likeness (QED) is 0.329. The topological polar surface area (TPSA) is 130 Å². The molecule has 2 aromatic rings. The van der Waals surface area contributed by atoms with E-state index < -0.39 is 33.4 Å².